The van der Waals surface area contributed by atoms with Crippen LogP contribution in [0.3, 0.4) is 0 Å². The van der Waals surface area contributed by atoms with Crippen molar-refractivity contribution in [3.05, 3.63) is 54.1 Å². The summed E-state index contributed by atoms with van der Waals surface area (Å²) in [4.78, 5) is 9.04. The number of nitrogens with zero attached hydrogens (tertiary/aromatic N) is 3. The first-order chi connectivity index (χ1) is 10.2. The third-order valence-corrected chi connectivity index (χ3v) is 3.54. The van der Waals surface area contributed by atoms with E-state index in [0.717, 1.165) is 33.4 Å². The summed E-state index contributed by atoms with van der Waals surface area (Å²) >= 11 is 0. The van der Waals surface area contributed by atoms with Crippen molar-refractivity contribution in [2.24, 2.45) is 0 Å². The topological polar surface area (TPSA) is 54.5 Å². The molecule has 0 unspecified atom stereocenters. The van der Waals surface area contributed by atoms with Crippen LogP contribution in [0.4, 0.5) is 4.39 Å². The predicted molar refractivity (Wildman–Crippen MR) is 79.3 cm³/mol. The SMILES string of the molecule is Cc1[nH]nc2c1nc(-c1ccccn1)c1ccc(F)cc12. The van der Waals surface area contributed by atoms with E-state index in [0.29, 0.717) is 5.52 Å². The number of fused-ring (bicyclic) bond motifs is 3. The average molecular weight is 278 g/mol. The highest BCUT2D eigenvalue weighted by Crippen LogP contribution is 2.31. The molecule has 0 spiro atoms. The van der Waals surface area contributed by atoms with Gasteiger partial charge in [-0.1, -0.05) is 6.07 Å². The molecule has 0 saturated heterocycles. The fourth-order valence-corrected chi connectivity index (χ4v) is 2.54. The van der Waals surface area contributed by atoms with Crippen LogP contribution in [0.1, 0.15) is 5.69 Å². The maximum atomic E-state index is 13.6. The minimum atomic E-state index is -0.289. The number of pyridine rings is 2. The van der Waals surface area contributed by atoms with Gasteiger partial charge in [0.1, 0.15) is 16.9 Å². The lowest BCUT2D eigenvalue weighted by Gasteiger charge is -2.06. The van der Waals surface area contributed by atoms with Gasteiger partial charge in [0.15, 0.2) is 0 Å². The Morgan fingerprint density at radius 3 is 2.76 bits per heavy atom. The van der Waals surface area contributed by atoms with Crippen LogP contribution < -0.4 is 0 Å². The van der Waals surface area contributed by atoms with Crippen molar-refractivity contribution in [2.45, 2.75) is 6.92 Å². The maximum Gasteiger partial charge on any atom is 0.123 e. The van der Waals surface area contributed by atoms with Crippen LogP contribution in [-0.4, -0.2) is 20.2 Å². The highest BCUT2D eigenvalue weighted by atomic mass is 19.1. The van der Waals surface area contributed by atoms with Gasteiger partial charge in [0.05, 0.1) is 17.1 Å². The largest absolute Gasteiger partial charge is 0.280 e. The van der Waals surface area contributed by atoms with Gasteiger partial charge in [-0.15, -0.1) is 0 Å². The molecule has 0 aliphatic heterocycles. The maximum absolute atomic E-state index is 13.6. The number of nitrogens with one attached hydrogen (secondary N) is 1. The van der Waals surface area contributed by atoms with Gasteiger partial charge in [-0.3, -0.25) is 10.1 Å². The molecule has 0 fully saturated rings. The van der Waals surface area contributed by atoms with Crippen LogP contribution in [0.5, 0.6) is 0 Å². The Morgan fingerprint density at radius 2 is 1.95 bits per heavy atom. The number of hydrogen-bond donors (Lipinski definition) is 1. The first-order valence-electron chi connectivity index (χ1n) is 6.59. The molecule has 3 aromatic heterocycles. The minimum absolute atomic E-state index is 0.289. The third-order valence-electron chi connectivity index (χ3n) is 3.54. The van der Waals surface area contributed by atoms with E-state index < -0.39 is 0 Å². The molecule has 0 atom stereocenters. The van der Waals surface area contributed by atoms with Crippen molar-refractivity contribution < 1.29 is 4.39 Å². The fraction of sp³-hybridized carbons (Fsp3) is 0.0625. The second-order valence-corrected chi connectivity index (χ2v) is 4.91. The number of hydrogen-bond acceptors (Lipinski definition) is 3. The van der Waals surface area contributed by atoms with E-state index in [1.165, 1.54) is 12.1 Å². The summed E-state index contributed by atoms with van der Waals surface area (Å²) in [5.74, 6) is -0.289. The van der Waals surface area contributed by atoms with Gasteiger partial charge in [-0.2, -0.15) is 5.10 Å². The van der Waals surface area contributed by atoms with Crippen molar-refractivity contribution in [3.8, 4) is 11.4 Å². The van der Waals surface area contributed by atoms with E-state index in [1.807, 2.05) is 25.1 Å². The van der Waals surface area contributed by atoms with Crippen molar-refractivity contribution in [2.75, 3.05) is 0 Å². The molecule has 102 valence electrons. The fourth-order valence-electron chi connectivity index (χ4n) is 2.54. The summed E-state index contributed by atoms with van der Waals surface area (Å²) in [6.45, 7) is 1.90. The summed E-state index contributed by atoms with van der Waals surface area (Å²) in [6.07, 6.45) is 1.72. The number of H-pyrrole nitrogens is 1. The van der Waals surface area contributed by atoms with Gasteiger partial charge >= 0.3 is 0 Å². The zero-order valence-electron chi connectivity index (χ0n) is 11.3. The van der Waals surface area contributed by atoms with Crippen molar-refractivity contribution >= 4 is 21.8 Å². The Kier molecular flexibility index (Phi) is 2.47. The molecule has 21 heavy (non-hydrogen) atoms. The Labute approximate surface area is 119 Å². The average Bonchev–Trinajstić information content (AvgIpc) is 2.89. The van der Waals surface area contributed by atoms with Crippen LogP contribution >= 0.6 is 0 Å². The molecule has 0 amide bonds. The lowest BCUT2D eigenvalue weighted by molar-refractivity contribution is 0.630. The molecule has 4 aromatic rings. The molecule has 0 aliphatic carbocycles. The van der Waals surface area contributed by atoms with Gasteiger partial charge in [0.2, 0.25) is 0 Å². The minimum Gasteiger partial charge on any atom is -0.280 e. The highest BCUT2D eigenvalue weighted by molar-refractivity contribution is 6.09. The summed E-state index contributed by atoms with van der Waals surface area (Å²) in [6, 6.07) is 10.3. The molecular weight excluding hydrogens is 267 g/mol. The first-order valence-corrected chi connectivity index (χ1v) is 6.59. The molecule has 0 bridgehead atoms. The highest BCUT2D eigenvalue weighted by Gasteiger charge is 2.15. The van der Waals surface area contributed by atoms with E-state index in [2.05, 4.69) is 20.2 Å². The zero-order valence-corrected chi connectivity index (χ0v) is 11.3. The van der Waals surface area contributed by atoms with Gasteiger partial charge in [0.25, 0.3) is 0 Å². The molecule has 3 heterocycles. The zero-order chi connectivity index (χ0) is 14.4. The van der Waals surface area contributed by atoms with Crippen LogP contribution in [-0.2, 0) is 0 Å². The number of benzene rings is 1. The summed E-state index contributed by atoms with van der Waals surface area (Å²) in [5, 5.41) is 8.74. The number of rotatable bonds is 1. The normalized spacial score (nSPS) is 11.3. The van der Waals surface area contributed by atoms with Crippen LogP contribution in [0.25, 0.3) is 33.2 Å². The molecule has 1 aromatic carbocycles. The second-order valence-electron chi connectivity index (χ2n) is 4.91. The van der Waals surface area contributed by atoms with Gasteiger partial charge in [-0.25, -0.2) is 9.37 Å². The lowest BCUT2D eigenvalue weighted by atomic mass is 10.1. The van der Waals surface area contributed by atoms with Crippen LogP contribution in [0, 0.1) is 12.7 Å². The first kappa shape index (κ1) is 12.0. The molecular formula is C16H11FN4. The van der Waals surface area contributed by atoms with E-state index in [-0.39, 0.29) is 5.82 Å². The van der Waals surface area contributed by atoms with Gasteiger partial charge in [-0.05, 0) is 37.3 Å². The van der Waals surface area contributed by atoms with E-state index >= 15 is 0 Å². The summed E-state index contributed by atoms with van der Waals surface area (Å²) < 4.78 is 13.6. The van der Waals surface area contributed by atoms with Crippen LogP contribution in [0.2, 0.25) is 0 Å². The molecule has 4 rings (SSSR count). The van der Waals surface area contributed by atoms with E-state index in [9.17, 15) is 4.39 Å². The Balaban J connectivity index is 2.20. The number of aryl methyl sites for hydroxylation is 1. The van der Waals surface area contributed by atoms with Crippen molar-refractivity contribution in [3.63, 3.8) is 0 Å². The monoisotopic (exact) mass is 278 g/mol. The van der Waals surface area contributed by atoms with E-state index in [1.54, 1.807) is 12.3 Å². The van der Waals surface area contributed by atoms with Crippen molar-refractivity contribution in [1.29, 1.82) is 0 Å². The Hall–Kier alpha value is -2.82. The molecule has 5 heteroatoms. The molecule has 0 radical (unpaired) electrons. The predicted octanol–water partition coefficient (Wildman–Crippen LogP) is 3.62. The lowest BCUT2D eigenvalue weighted by Crippen LogP contribution is -1.91. The molecule has 0 saturated carbocycles. The van der Waals surface area contributed by atoms with Gasteiger partial charge < -0.3 is 0 Å². The number of halogens is 1. The Morgan fingerprint density at radius 1 is 1.05 bits per heavy atom. The number of aromatic amines is 1. The van der Waals surface area contributed by atoms with Crippen molar-refractivity contribution in [1.82, 2.24) is 20.2 Å². The van der Waals surface area contributed by atoms with E-state index in [4.69, 9.17) is 0 Å². The summed E-state index contributed by atoms with van der Waals surface area (Å²) in [5.41, 5.74) is 3.78. The molecule has 4 nitrogen and oxygen atoms in total. The molecule has 1 N–H and O–H groups in total. The quantitative estimate of drug-likeness (QED) is 0.578. The van der Waals surface area contributed by atoms with Gasteiger partial charge in [0, 0.05) is 17.0 Å². The number of aromatic nitrogens is 4. The third kappa shape index (κ3) is 1.78. The molecule has 0 aliphatic rings. The second kappa shape index (κ2) is 4.34. The smallest absolute Gasteiger partial charge is 0.123 e. The Bertz CT molecular complexity index is 960. The summed E-state index contributed by atoms with van der Waals surface area (Å²) in [7, 11) is 0. The standard InChI is InChI=1S/C16H11FN4/c1-9-14-16(21-20-9)12-8-10(17)5-6-11(12)15(19-14)13-4-2-3-7-18-13/h2-8H,1H3,(H,20,21). The van der Waals surface area contributed by atoms with Crippen LogP contribution in [0.15, 0.2) is 42.6 Å².